The second-order valence-electron chi connectivity index (χ2n) is 6.07. The SMILES string of the molecule is O=C(N[C@H](c1ccccc1)C1CC1)c1ccnc(-n2ccnc2)c1. The molecule has 3 aromatic rings. The molecule has 0 saturated heterocycles. The first-order valence-corrected chi connectivity index (χ1v) is 8.11. The van der Waals surface area contributed by atoms with Gasteiger partial charge in [0.05, 0.1) is 6.04 Å². The maximum absolute atomic E-state index is 12.7. The molecule has 5 heteroatoms. The summed E-state index contributed by atoms with van der Waals surface area (Å²) in [6.45, 7) is 0. The summed E-state index contributed by atoms with van der Waals surface area (Å²) in [5.74, 6) is 1.15. The average Bonchev–Trinajstić information content (AvgIpc) is 3.33. The molecule has 5 nitrogen and oxygen atoms in total. The summed E-state index contributed by atoms with van der Waals surface area (Å²) in [6, 6.07) is 13.8. The lowest BCUT2D eigenvalue weighted by atomic mass is 10.0. The van der Waals surface area contributed by atoms with Crippen LogP contribution >= 0.6 is 0 Å². The third kappa shape index (κ3) is 3.06. The molecule has 1 atom stereocenters. The van der Waals surface area contributed by atoms with Gasteiger partial charge >= 0.3 is 0 Å². The molecule has 1 amide bonds. The van der Waals surface area contributed by atoms with E-state index in [-0.39, 0.29) is 11.9 Å². The van der Waals surface area contributed by atoms with Gasteiger partial charge in [-0.15, -0.1) is 0 Å². The Labute approximate surface area is 140 Å². The van der Waals surface area contributed by atoms with Crippen LogP contribution in [0.3, 0.4) is 0 Å². The van der Waals surface area contributed by atoms with Gasteiger partial charge in [0.1, 0.15) is 12.1 Å². The number of hydrogen-bond acceptors (Lipinski definition) is 3. The fourth-order valence-corrected chi connectivity index (χ4v) is 2.88. The summed E-state index contributed by atoms with van der Waals surface area (Å²) < 4.78 is 1.78. The Hall–Kier alpha value is -2.95. The van der Waals surface area contributed by atoms with E-state index in [1.807, 2.05) is 18.2 Å². The van der Waals surface area contributed by atoms with E-state index in [1.54, 1.807) is 41.6 Å². The molecule has 0 aliphatic heterocycles. The van der Waals surface area contributed by atoms with E-state index in [1.165, 1.54) is 0 Å². The van der Waals surface area contributed by atoms with Crippen molar-refractivity contribution in [2.45, 2.75) is 18.9 Å². The van der Waals surface area contributed by atoms with Gasteiger partial charge in [0.2, 0.25) is 0 Å². The predicted octanol–water partition coefficient (Wildman–Crippen LogP) is 3.15. The van der Waals surface area contributed by atoms with Crippen LogP contribution in [0.1, 0.15) is 34.8 Å². The molecule has 0 spiro atoms. The highest BCUT2D eigenvalue weighted by atomic mass is 16.1. The van der Waals surface area contributed by atoms with Crippen molar-refractivity contribution in [3.8, 4) is 5.82 Å². The summed E-state index contributed by atoms with van der Waals surface area (Å²) in [4.78, 5) is 21.0. The first kappa shape index (κ1) is 14.6. The molecule has 0 radical (unpaired) electrons. The van der Waals surface area contributed by atoms with Gasteiger partial charge in [-0.1, -0.05) is 30.3 Å². The van der Waals surface area contributed by atoms with Gasteiger partial charge < -0.3 is 5.32 Å². The van der Waals surface area contributed by atoms with Crippen molar-refractivity contribution in [2.75, 3.05) is 0 Å². The first-order valence-electron chi connectivity index (χ1n) is 8.11. The molecule has 24 heavy (non-hydrogen) atoms. The lowest BCUT2D eigenvalue weighted by Crippen LogP contribution is -2.30. The van der Waals surface area contributed by atoms with E-state index in [2.05, 4.69) is 27.4 Å². The summed E-state index contributed by atoms with van der Waals surface area (Å²) in [5, 5.41) is 3.19. The topological polar surface area (TPSA) is 59.8 Å². The fourth-order valence-electron chi connectivity index (χ4n) is 2.88. The van der Waals surface area contributed by atoms with Gasteiger partial charge in [-0.2, -0.15) is 0 Å². The molecule has 2 aromatic heterocycles. The van der Waals surface area contributed by atoms with E-state index in [0.717, 1.165) is 18.4 Å². The third-order valence-electron chi connectivity index (χ3n) is 4.32. The maximum Gasteiger partial charge on any atom is 0.251 e. The minimum absolute atomic E-state index is 0.0699. The van der Waals surface area contributed by atoms with Crippen LogP contribution in [0.15, 0.2) is 67.4 Å². The number of aromatic nitrogens is 3. The molecular weight excluding hydrogens is 300 g/mol. The molecule has 0 unspecified atom stereocenters. The van der Waals surface area contributed by atoms with Gasteiger partial charge in [0.25, 0.3) is 5.91 Å². The van der Waals surface area contributed by atoms with Crippen molar-refractivity contribution in [3.63, 3.8) is 0 Å². The number of nitrogens with zero attached hydrogens (tertiary/aromatic N) is 3. The average molecular weight is 318 g/mol. The second kappa shape index (κ2) is 6.28. The third-order valence-corrected chi connectivity index (χ3v) is 4.32. The Balaban J connectivity index is 1.56. The van der Waals surface area contributed by atoms with Crippen molar-refractivity contribution in [2.24, 2.45) is 5.92 Å². The molecule has 1 fully saturated rings. The molecule has 1 aliphatic carbocycles. The Kier molecular flexibility index (Phi) is 3.83. The monoisotopic (exact) mass is 318 g/mol. The predicted molar refractivity (Wildman–Crippen MR) is 90.7 cm³/mol. The highest BCUT2D eigenvalue weighted by Gasteiger charge is 2.33. The number of carbonyl (C=O) groups is 1. The normalized spacial score (nSPS) is 15.0. The Bertz CT molecular complexity index is 826. The smallest absolute Gasteiger partial charge is 0.251 e. The van der Waals surface area contributed by atoms with Crippen molar-refractivity contribution in [3.05, 3.63) is 78.5 Å². The largest absolute Gasteiger partial charge is 0.345 e. The molecular formula is C19H18N4O. The Morgan fingerprint density at radius 3 is 2.71 bits per heavy atom. The van der Waals surface area contributed by atoms with Gasteiger partial charge in [-0.3, -0.25) is 9.36 Å². The van der Waals surface area contributed by atoms with Crippen molar-refractivity contribution in [1.29, 1.82) is 0 Å². The summed E-state index contributed by atoms with van der Waals surface area (Å²) in [7, 11) is 0. The second-order valence-corrected chi connectivity index (χ2v) is 6.07. The molecule has 1 aromatic carbocycles. The Morgan fingerprint density at radius 1 is 1.17 bits per heavy atom. The quantitative estimate of drug-likeness (QED) is 0.786. The standard InChI is InChI=1S/C19H18N4O/c24-19(16-8-9-21-17(12-16)23-11-10-20-13-23)22-18(15-6-7-15)14-4-2-1-3-5-14/h1-5,8-13,15,18H,6-7H2,(H,22,24)/t18-/m1/s1. The van der Waals surface area contributed by atoms with E-state index in [9.17, 15) is 4.79 Å². The van der Waals surface area contributed by atoms with Crippen molar-refractivity contribution in [1.82, 2.24) is 19.9 Å². The zero-order valence-electron chi connectivity index (χ0n) is 13.2. The van der Waals surface area contributed by atoms with Crippen LogP contribution < -0.4 is 5.32 Å². The van der Waals surface area contributed by atoms with Gasteiger partial charge in [0.15, 0.2) is 0 Å². The zero-order chi connectivity index (χ0) is 16.4. The molecule has 1 aliphatic rings. The van der Waals surface area contributed by atoms with Crippen LogP contribution in [0, 0.1) is 5.92 Å². The molecule has 4 rings (SSSR count). The van der Waals surface area contributed by atoms with Crippen LogP contribution in [-0.4, -0.2) is 20.4 Å². The van der Waals surface area contributed by atoms with E-state index >= 15 is 0 Å². The highest BCUT2D eigenvalue weighted by molar-refractivity contribution is 5.94. The number of pyridine rings is 1. The lowest BCUT2D eigenvalue weighted by Gasteiger charge is -2.19. The van der Waals surface area contributed by atoms with Gasteiger partial charge in [-0.05, 0) is 36.5 Å². The molecule has 120 valence electrons. The minimum atomic E-state index is -0.0699. The number of benzene rings is 1. The number of hydrogen-bond donors (Lipinski definition) is 1. The summed E-state index contributed by atoms with van der Waals surface area (Å²) in [5.41, 5.74) is 1.77. The van der Waals surface area contributed by atoms with E-state index in [0.29, 0.717) is 17.3 Å². The molecule has 0 bridgehead atoms. The van der Waals surface area contributed by atoms with Crippen LogP contribution in [-0.2, 0) is 0 Å². The number of imidazole rings is 1. The zero-order valence-corrected chi connectivity index (χ0v) is 13.2. The van der Waals surface area contributed by atoms with E-state index < -0.39 is 0 Å². The van der Waals surface area contributed by atoms with Crippen molar-refractivity contribution < 1.29 is 4.79 Å². The first-order chi connectivity index (χ1) is 11.8. The Morgan fingerprint density at radius 2 is 2.00 bits per heavy atom. The fraction of sp³-hybridized carbons (Fsp3) is 0.211. The number of rotatable bonds is 5. The van der Waals surface area contributed by atoms with Gasteiger partial charge in [0, 0.05) is 24.2 Å². The van der Waals surface area contributed by atoms with Crippen LogP contribution in [0.5, 0.6) is 0 Å². The van der Waals surface area contributed by atoms with Crippen LogP contribution in [0.25, 0.3) is 5.82 Å². The van der Waals surface area contributed by atoms with E-state index in [4.69, 9.17) is 0 Å². The summed E-state index contributed by atoms with van der Waals surface area (Å²) in [6.07, 6.45) is 9.14. The number of carbonyl (C=O) groups excluding carboxylic acids is 1. The highest BCUT2D eigenvalue weighted by Crippen LogP contribution is 2.41. The number of amides is 1. The van der Waals surface area contributed by atoms with Crippen LogP contribution in [0.2, 0.25) is 0 Å². The van der Waals surface area contributed by atoms with Crippen molar-refractivity contribution >= 4 is 5.91 Å². The lowest BCUT2D eigenvalue weighted by molar-refractivity contribution is 0.0931. The number of nitrogens with one attached hydrogen (secondary N) is 1. The van der Waals surface area contributed by atoms with Gasteiger partial charge in [-0.25, -0.2) is 9.97 Å². The molecule has 1 N–H and O–H groups in total. The summed E-state index contributed by atoms with van der Waals surface area (Å²) >= 11 is 0. The maximum atomic E-state index is 12.7. The molecule has 1 saturated carbocycles. The minimum Gasteiger partial charge on any atom is -0.345 e. The molecule has 2 heterocycles. The van der Waals surface area contributed by atoms with Crippen LogP contribution in [0.4, 0.5) is 0 Å².